The van der Waals surface area contributed by atoms with Gasteiger partial charge in [0.25, 0.3) is 0 Å². The van der Waals surface area contributed by atoms with Crippen molar-refractivity contribution in [3.8, 4) is 11.5 Å². The second-order valence-electron chi connectivity index (χ2n) is 3.60. The van der Waals surface area contributed by atoms with Crippen LogP contribution in [0.5, 0.6) is 11.5 Å². The van der Waals surface area contributed by atoms with Crippen LogP contribution >= 0.6 is 11.6 Å². The number of carbonyl (C=O) groups is 1. The third-order valence-corrected chi connectivity index (χ3v) is 2.58. The number of amides is 1. The summed E-state index contributed by atoms with van der Waals surface area (Å²) in [5, 5.41) is 6.32. The lowest BCUT2D eigenvalue weighted by Crippen LogP contribution is -2.26. The number of benzene rings is 1. The van der Waals surface area contributed by atoms with Crippen LogP contribution in [-0.4, -0.2) is 33.2 Å². The van der Waals surface area contributed by atoms with Crippen LogP contribution in [0.15, 0.2) is 12.1 Å². The predicted octanol–water partition coefficient (Wildman–Crippen LogP) is 1.91. The van der Waals surface area contributed by atoms with Crippen molar-refractivity contribution in [2.45, 2.75) is 6.92 Å². The van der Waals surface area contributed by atoms with Gasteiger partial charge in [-0.1, -0.05) is 11.6 Å². The summed E-state index contributed by atoms with van der Waals surface area (Å²) in [6, 6.07) is 3.44. The van der Waals surface area contributed by atoms with Gasteiger partial charge in [-0.3, -0.25) is 4.79 Å². The standard InChI is InChI=1S/C12H17ClN2O3/c1-8(16)14-4-5-15-10-7-11(17-2)9(13)6-12(10)18-3/h6-7,15H,4-5H2,1-3H3,(H,14,16). The summed E-state index contributed by atoms with van der Waals surface area (Å²) in [6.45, 7) is 2.59. The molecule has 0 unspecified atom stereocenters. The summed E-state index contributed by atoms with van der Waals surface area (Å²) >= 11 is 5.99. The molecule has 0 bridgehead atoms. The summed E-state index contributed by atoms with van der Waals surface area (Å²) in [5.41, 5.74) is 0.768. The first kappa shape index (κ1) is 14.4. The molecule has 0 aliphatic rings. The molecule has 0 saturated heterocycles. The van der Waals surface area contributed by atoms with E-state index in [1.54, 1.807) is 26.4 Å². The van der Waals surface area contributed by atoms with Gasteiger partial charge >= 0.3 is 0 Å². The van der Waals surface area contributed by atoms with E-state index in [0.717, 1.165) is 5.69 Å². The van der Waals surface area contributed by atoms with E-state index in [9.17, 15) is 4.79 Å². The van der Waals surface area contributed by atoms with E-state index in [2.05, 4.69) is 10.6 Å². The number of nitrogens with one attached hydrogen (secondary N) is 2. The monoisotopic (exact) mass is 272 g/mol. The van der Waals surface area contributed by atoms with Gasteiger partial charge in [-0.25, -0.2) is 0 Å². The molecule has 0 radical (unpaired) electrons. The maximum absolute atomic E-state index is 10.7. The van der Waals surface area contributed by atoms with E-state index >= 15 is 0 Å². The normalized spacial score (nSPS) is 9.78. The smallest absolute Gasteiger partial charge is 0.216 e. The second-order valence-corrected chi connectivity index (χ2v) is 4.00. The van der Waals surface area contributed by atoms with Crippen LogP contribution < -0.4 is 20.1 Å². The van der Waals surface area contributed by atoms with Gasteiger partial charge in [-0.15, -0.1) is 0 Å². The van der Waals surface area contributed by atoms with E-state index in [0.29, 0.717) is 29.6 Å². The Bertz CT molecular complexity index is 424. The lowest BCUT2D eigenvalue weighted by molar-refractivity contribution is -0.118. The van der Waals surface area contributed by atoms with E-state index in [1.165, 1.54) is 6.92 Å². The minimum atomic E-state index is -0.0579. The third-order valence-electron chi connectivity index (χ3n) is 2.29. The van der Waals surface area contributed by atoms with Gasteiger partial charge in [0.2, 0.25) is 5.91 Å². The first-order valence-electron chi connectivity index (χ1n) is 5.48. The Morgan fingerprint density at radius 1 is 1.22 bits per heavy atom. The summed E-state index contributed by atoms with van der Waals surface area (Å²) in [4.78, 5) is 10.7. The zero-order chi connectivity index (χ0) is 13.5. The molecule has 0 atom stereocenters. The van der Waals surface area contributed by atoms with Crippen LogP contribution in [0.3, 0.4) is 0 Å². The van der Waals surface area contributed by atoms with Gasteiger partial charge < -0.3 is 20.1 Å². The predicted molar refractivity (Wildman–Crippen MR) is 71.7 cm³/mol. The molecular weight excluding hydrogens is 256 g/mol. The average molecular weight is 273 g/mol. The third kappa shape index (κ3) is 4.00. The Morgan fingerprint density at radius 3 is 2.44 bits per heavy atom. The maximum atomic E-state index is 10.7. The molecule has 0 fully saturated rings. The molecule has 6 heteroatoms. The molecule has 0 heterocycles. The van der Waals surface area contributed by atoms with Crippen LogP contribution in [0.1, 0.15) is 6.92 Å². The highest BCUT2D eigenvalue weighted by atomic mass is 35.5. The lowest BCUT2D eigenvalue weighted by Gasteiger charge is -2.14. The highest BCUT2D eigenvalue weighted by Crippen LogP contribution is 2.35. The van der Waals surface area contributed by atoms with E-state index in [-0.39, 0.29) is 5.91 Å². The number of rotatable bonds is 6. The maximum Gasteiger partial charge on any atom is 0.216 e. The fraction of sp³-hybridized carbons (Fsp3) is 0.417. The van der Waals surface area contributed by atoms with E-state index < -0.39 is 0 Å². The van der Waals surface area contributed by atoms with Crippen molar-refractivity contribution in [2.24, 2.45) is 0 Å². The van der Waals surface area contributed by atoms with Crippen molar-refractivity contribution in [2.75, 3.05) is 32.6 Å². The Hall–Kier alpha value is -1.62. The number of carbonyl (C=O) groups excluding carboxylic acids is 1. The Kier molecular flexibility index (Phi) is 5.58. The second kappa shape index (κ2) is 6.96. The molecule has 100 valence electrons. The van der Waals surface area contributed by atoms with E-state index in [1.807, 2.05) is 0 Å². The molecular formula is C12H17ClN2O3. The highest BCUT2D eigenvalue weighted by molar-refractivity contribution is 6.32. The molecule has 18 heavy (non-hydrogen) atoms. The van der Waals surface area contributed by atoms with E-state index in [4.69, 9.17) is 21.1 Å². The summed E-state index contributed by atoms with van der Waals surface area (Å²) in [7, 11) is 3.12. The molecule has 1 aromatic carbocycles. The SMILES string of the molecule is COc1cc(NCCNC(C)=O)c(OC)cc1Cl. The minimum Gasteiger partial charge on any atom is -0.495 e. The minimum absolute atomic E-state index is 0.0579. The fourth-order valence-corrected chi connectivity index (χ4v) is 1.67. The van der Waals surface area contributed by atoms with Crippen LogP contribution in [0.4, 0.5) is 5.69 Å². The van der Waals surface area contributed by atoms with Crippen LogP contribution in [0, 0.1) is 0 Å². The fourth-order valence-electron chi connectivity index (χ4n) is 1.43. The van der Waals surface area contributed by atoms with Crippen molar-refractivity contribution in [1.82, 2.24) is 5.32 Å². The summed E-state index contributed by atoms with van der Waals surface area (Å²) in [6.07, 6.45) is 0. The van der Waals surface area contributed by atoms with Crippen LogP contribution in [0.25, 0.3) is 0 Å². The number of hydrogen-bond acceptors (Lipinski definition) is 4. The number of hydrogen-bond donors (Lipinski definition) is 2. The molecule has 1 aromatic rings. The molecule has 0 saturated carbocycles. The van der Waals surface area contributed by atoms with Gasteiger partial charge in [0.05, 0.1) is 24.9 Å². The number of ether oxygens (including phenoxy) is 2. The van der Waals surface area contributed by atoms with Crippen LogP contribution in [0.2, 0.25) is 5.02 Å². The Morgan fingerprint density at radius 2 is 1.89 bits per heavy atom. The van der Waals surface area contributed by atoms with Crippen molar-refractivity contribution in [1.29, 1.82) is 0 Å². The number of anilines is 1. The highest BCUT2D eigenvalue weighted by Gasteiger charge is 2.09. The lowest BCUT2D eigenvalue weighted by atomic mass is 10.2. The quantitative estimate of drug-likeness (QED) is 0.777. The van der Waals surface area contributed by atoms with Crippen molar-refractivity contribution >= 4 is 23.2 Å². The summed E-state index contributed by atoms with van der Waals surface area (Å²) < 4.78 is 10.3. The van der Waals surface area contributed by atoms with Crippen molar-refractivity contribution in [3.05, 3.63) is 17.2 Å². The molecule has 0 aliphatic heterocycles. The first-order chi connectivity index (χ1) is 8.58. The zero-order valence-corrected chi connectivity index (χ0v) is 11.4. The number of halogens is 1. The molecule has 1 amide bonds. The number of methoxy groups -OCH3 is 2. The van der Waals surface area contributed by atoms with Gasteiger partial charge in [0.1, 0.15) is 11.5 Å². The molecule has 0 aromatic heterocycles. The van der Waals surface area contributed by atoms with Gasteiger partial charge in [-0.2, -0.15) is 0 Å². The summed E-state index contributed by atoms with van der Waals surface area (Å²) in [5.74, 6) is 1.14. The molecule has 0 aliphatic carbocycles. The van der Waals surface area contributed by atoms with Gasteiger partial charge in [-0.05, 0) is 0 Å². The van der Waals surface area contributed by atoms with Gasteiger partial charge in [0.15, 0.2) is 0 Å². The van der Waals surface area contributed by atoms with Crippen LogP contribution in [-0.2, 0) is 4.79 Å². The van der Waals surface area contributed by atoms with Gasteiger partial charge in [0, 0.05) is 32.1 Å². The Balaban J connectivity index is 2.70. The first-order valence-corrected chi connectivity index (χ1v) is 5.86. The van der Waals surface area contributed by atoms with Crippen molar-refractivity contribution < 1.29 is 14.3 Å². The molecule has 0 spiro atoms. The zero-order valence-electron chi connectivity index (χ0n) is 10.7. The molecule has 5 nitrogen and oxygen atoms in total. The van der Waals surface area contributed by atoms with Crippen molar-refractivity contribution in [3.63, 3.8) is 0 Å². The largest absolute Gasteiger partial charge is 0.495 e. The topological polar surface area (TPSA) is 59.6 Å². The average Bonchev–Trinajstić information content (AvgIpc) is 2.35. The molecule has 2 N–H and O–H groups in total. The molecule has 1 rings (SSSR count). The Labute approximate surface area is 111 Å².